The van der Waals surface area contributed by atoms with Crippen LogP contribution in [0.2, 0.25) is 0 Å². The predicted molar refractivity (Wildman–Crippen MR) is 125 cm³/mol. The van der Waals surface area contributed by atoms with E-state index in [-0.39, 0.29) is 18.8 Å². The van der Waals surface area contributed by atoms with Crippen molar-refractivity contribution in [3.63, 3.8) is 0 Å². The summed E-state index contributed by atoms with van der Waals surface area (Å²) in [5.74, 6) is -4.19. The fourth-order valence-electron chi connectivity index (χ4n) is 3.49. The summed E-state index contributed by atoms with van der Waals surface area (Å²) in [5.41, 5.74) is -0.509. The van der Waals surface area contributed by atoms with Crippen molar-refractivity contribution in [3.8, 4) is 0 Å². The molecule has 1 fully saturated rings. The minimum absolute atomic E-state index is 0.00548. The fraction of sp³-hybridized carbons (Fsp3) is 0.458. The lowest BCUT2D eigenvalue weighted by Crippen LogP contribution is -2.58. The number of hydrogen-bond acceptors (Lipinski definition) is 9. The number of carbonyl (C=O) groups is 4. The number of ether oxygens (including phenoxy) is 3. The summed E-state index contributed by atoms with van der Waals surface area (Å²) in [5, 5.41) is 6.52. The van der Waals surface area contributed by atoms with E-state index in [9.17, 15) is 36.7 Å². The molecule has 1 aromatic carbocycles. The Morgan fingerprint density at radius 3 is 2.27 bits per heavy atom. The predicted octanol–water partition coefficient (Wildman–Crippen LogP) is 0.822. The maximum Gasteiger partial charge on any atom is 0.346 e. The van der Waals surface area contributed by atoms with Crippen molar-refractivity contribution in [2.45, 2.75) is 50.4 Å². The molecule has 3 rings (SSSR count). The van der Waals surface area contributed by atoms with Crippen LogP contribution in [0.5, 0.6) is 0 Å². The van der Waals surface area contributed by atoms with Crippen molar-refractivity contribution >= 4 is 23.5 Å². The van der Waals surface area contributed by atoms with E-state index in [0.29, 0.717) is 5.56 Å². The maximum atomic E-state index is 13.1. The molecule has 1 aromatic heterocycles. The van der Waals surface area contributed by atoms with Crippen LogP contribution in [0.15, 0.2) is 47.3 Å². The molecule has 12 nitrogen and oxygen atoms in total. The lowest BCUT2D eigenvalue weighted by molar-refractivity contribution is -0.176. The van der Waals surface area contributed by atoms with Crippen LogP contribution in [0.4, 0.5) is 17.6 Å². The first kappa shape index (κ1) is 30.6. The van der Waals surface area contributed by atoms with Crippen molar-refractivity contribution < 1.29 is 55.4 Å². The number of nitrogens with zero attached hydrogens (tertiary/aromatic N) is 1. The normalized spacial score (nSPS) is 18.6. The van der Waals surface area contributed by atoms with E-state index in [1.807, 2.05) is 5.32 Å². The zero-order valence-electron chi connectivity index (χ0n) is 21.0. The molecule has 16 heteroatoms. The van der Waals surface area contributed by atoms with Gasteiger partial charge in [-0.05, 0) is 18.9 Å². The number of carbonyl (C=O) groups excluding carboxylic acids is 4. The summed E-state index contributed by atoms with van der Waals surface area (Å²) in [7, 11) is 0. The van der Waals surface area contributed by atoms with Gasteiger partial charge in [0.05, 0.1) is 32.0 Å². The van der Waals surface area contributed by atoms with Gasteiger partial charge in [-0.2, -0.15) is 17.6 Å². The molecule has 2 heterocycles. The van der Waals surface area contributed by atoms with Gasteiger partial charge in [-0.15, -0.1) is 0 Å². The molecule has 0 unspecified atom stereocenters. The first-order valence-electron chi connectivity index (χ1n) is 11.8. The molecule has 40 heavy (non-hydrogen) atoms. The topological polar surface area (TPSA) is 161 Å². The summed E-state index contributed by atoms with van der Waals surface area (Å²) in [6.07, 6.45) is -0.0899. The first-order chi connectivity index (χ1) is 19.0. The number of amides is 3. The van der Waals surface area contributed by atoms with Crippen LogP contribution in [0.25, 0.3) is 0 Å². The number of rotatable bonds is 16. The number of Topliss-reactive ketones (excluding diaryl/α,β-unsaturated/α-hetero) is 1. The molecule has 218 valence electrons. The molecule has 0 bridgehead atoms. The van der Waals surface area contributed by atoms with Gasteiger partial charge in [0, 0.05) is 0 Å². The molecule has 1 aliphatic heterocycles. The highest BCUT2D eigenvalue weighted by atomic mass is 19.3. The van der Waals surface area contributed by atoms with E-state index >= 15 is 0 Å². The molecule has 1 saturated heterocycles. The molecule has 3 amide bonds. The second kappa shape index (κ2) is 14.0. The highest BCUT2D eigenvalue weighted by molar-refractivity contribution is 5.98. The summed E-state index contributed by atoms with van der Waals surface area (Å²) >= 11 is 0. The van der Waals surface area contributed by atoms with Crippen molar-refractivity contribution in [1.82, 2.24) is 20.9 Å². The quantitative estimate of drug-likeness (QED) is 0.195. The molecule has 4 atom stereocenters. The van der Waals surface area contributed by atoms with Gasteiger partial charge in [-0.3, -0.25) is 19.2 Å². The second-order valence-electron chi connectivity index (χ2n) is 8.75. The third-order valence-corrected chi connectivity index (χ3v) is 5.70. The largest absolute Gasteiger partial charge is 0.438 e. The Labute approximate surface area is 224 Å². The standard InChI is InChI=1S/C24H26F4N4O8/c1-24(11-39-24)18(33)14(7-13-5-3-2-4-6-13)31-19(34)15(10-37-22(25)26)32-21(36)17(40-23(27)28)9-30-20(35)16-8-29-12-38-16/h2-6,8,12,14-15,17,22-23H,7,9-11H2,1H3,(H,30,35)(H,31,34)(H,32,36)/t14-,15-,17-,24+/m0/s1. The number of aromatic nitrogens is 1. The van der Waals surface area contributed by atoms with Crippen molar-refractivity contribution in [1.29, 1.82) is 0 Å². The third kappa shape index (κ3) is 9.10. The van der Waals surface area contributed by atoms with E-state index in [1.165, 1.54) is 6.92 Å². The average molecular weight is 574 g/mol. The molecule has 0 saturated carbocycles. The lowest BCUT2D eigenvalue weighted by atomic mass is 9.94. The molecule has 0 aliphatic carbocycles. The van der Waals surface area contributed by atoms with Crippen LogP contribution >= 0.6 is 0 Å². The van der Waals surface area contributed by atoms with Crippen LogP contribution in [-0.2, 0) is 35.0 Å². The number of halogens is 4. The Hall–Kier alpha value is -3.89. The van der Waals surface area contributed by atoms with E-state index in [4.69, 9.17) is 9.15 Å². The van der Waals surface area contributed by atoms with Gasteiger partial charge in [0.25, 0.3) is 11.8 Å². The Kier molecular flexibility index (Phi) is 10.7. The van der Waals surface area contributed by atoms with E-state index in [1.54, 1.807) is 30.3 Å². The Morgan fingerprint density at radius 2 is 1.70 bits per heavy atom. The molecule has 0 radical (unpaired) electrons. The Bertz CT molecular complexity index is 1150. The average Bonchev–Trinajstić information content (AvgIpc) is 3.42. The zero-order chi connectivity index (χ0) is 29.3. The maximum absolute atomic E-state index is 13.1. The van der Waals surface area contributed by atoms with Crippen LogP contribution in [0.1, 0.15) is 23.0 Å². The van der Waals surface area contributed by atoms with Crippen LogP contribution in [0.3, 0.4) is 0 Å². The van der Waals surface area contributed by atoms with Crippen molar-refractivity contribution in [3.05, 3.63) is 54.2 Å². The number of ketones is 1. The molecular formula is C24H26F4N4O8. The monoisotopic (exact) mass is 574 g/mol. The summed E-state index contributed by atoms with van der Waals surface area (Å²) in [6.45, 7) is -7.10. The highest BCUT2D eigenvalue weighted by Crippen LogP contribution is 2.29. The molecule has 1 aliphatic rings. The highest BCUT2D eigenvalue weighted by Gasteiger charge is 2.50. The Balaban J connectivity index is 1.73. The minimum Gasteiger partial charge on any atom is -0.438 e. The number of nitrogens with one attached hydrogen (secondary N) is 3. The van der Waals surface area contributed by atoms with E-state index in [2.05, 4.69) is 25.1 Å². The molecule has 3 N–H and O–H groups in total. The van der Waals surface area contributed by atoms with E-state index in [0.717, 1.165) is 12.6 Å². The summed E-state index contributed by atoms with van der Waals surface area (Å²) < 4.78 is 69.9. The molecule has 2 aromatic rings. The number of epoxide rings is 1. The van der Waals surface area contributed by atoms with Gasteiger partial charge in [-0.25, -0.2) is 4.98 Å². The van der Waals surface area contributed by atoms with Gasteiger partial charge in [0.1, 0.15) is 11.6 Å². The second-order valence-corrected chi connectivity index (χ2v) is 8.75. The number of oxazole rings is 1. The van der Waals surface area contributed by atoms with Crippen molar-refractivity contribution in [2.24, 2.45) is 0 Å². The molecular weight excluding hydrogens is 548 g/mol. The summed E-state index contributed by atoms with van der Waals surface area (Å²) in [6, 6.07) is 5.48. The summed E-state index contributed by atoms with van der Waals surface area (Å²) in [4.78, 5) is 54.4. The van der Waals surface area contributed by atoms with Gasteiger partial charge in [0.15, 0.2) is 18.3 Å². The van der Waals surface area contributed by atoms with Crippen LogP contribution < -0.4 is 16.0 Å². The van der Waals surface area contributed by atoms with Gasteiger partial charge >= 0.3 is 13.2 Å². The Morgan fingerprint density at radius 1 is 1.02 bits per heavy atom. The third-order valence-electron chi connectivity index (χ3n) is 5.70. The van der Waals surface area contributed by atoms with Gasteiger partial charge < -0.3 is 34.6 Å². The van der Waals surface area contributed by atoms with E-state index < -0.39 is 73.7 Å². The number of benzene rings is 1. The van der Waals surface area contributed by atoms with Gasteiger partial charge in [0.2, 0.25) is 11.7 Å². The fourth-order valence-corrected chi connectivity index (χ4v) is 3.49. The smallest absolute Gasteiger partial charge is 0.346 e. The lowest BCUT2D eigenvalue weighted by Gasteiger charge is -2.25. The SMILES string of the molecule is C[C@]1(C(=O)[C@H](Cc2ccccc2)NC(=O)[C@H](COC(F)F)NC(=O)[C@H](CNC(=O)c2cnco2)OC(F)F)CO1. The first-order valence-corrected chi connectivity index (χ1v) is 11.8. The van der Waals surface area contributed by atoms with Crippen molar-refractivity contribution in [2.75, 3.05) is 19.8 Å². The number of alkyl halides is 4. The zero-order valence-corrected chi connectivity index (χ0v) is 21.0. The van der Waals surface area contributed by atoms with Gasteiger partial charge in [-0.1, -0.05) is 30.3 Å². The minimum atomic E-state index is -3.48. The van der Waals surface area contributed by atoms with Crippen LogP contribution in [0, 0.1) is 0 Å². The number of hydrogen-bond donors (Lipinski definition) is 3. The molecule has 0 spiro atoms. The van der Waals surface area contributed by atoms with Crippen LogP contribution in [-0.4, -0.2) is 85.3 Å².